The van der Waals surface area contributed by atoms with Crippen molar-refractivity contribution in [3.05, 3.63) is 34.2 Å². The third-order valence-electron chi connectivity index (χ3n) is 2.29. The Balaban J connectivity index is 2.47. The number of carbonyl (C=O) groups is 2. The van der Waals surface area contributed by atoms with E-state index in [0.717, 1.165) is 11.3 Å². The van der Waals surface area contributed by atoms with Crippen LogP contribution in [0.5, 0.6) is 0 Å². The molecule has 2 aromatic rings. The maximum Gasteiger partial charge on any atom is 0.345 e. The predicted molar refractivity (Wildman–Crippen MR) is 65.9 cm³/mol. The number of aromatic carboxylic acids is 2. The van der Waals surface area contributed by atoms with Gasteiger partial charge in [-0.25, -0.2) is 14.6 Å². The summed E-state index contributed by atoms with van der Waals surface area (Å²) in [6, 6.07) is 2.84. The Morgan fingerprint density at radius 3 is 2.44 bits per heavy atom. The number of thiophene rings is 1. The van der Waals surface area contributed by atoms with Crippen LogP contribution in [0.25, 0.3) is 11.1 Å². The average molecular weight is 264 g/mol. The molecule has 0 bridgehead atoms. The van der Waals surface area contributed by atoms with E-state index in [-0.39, 0.29) is 16.3 Å². The van der Waals surface area contributed by atoms with Crippen LogP contribution in [0, 0.1) is 0 Å². The summed E-state index contributed by atoms with van der Waals surface area (Å²) in [5.41, 5.74) is 6.46. The van der Waals surface area contributed by atoms with E-state index >= 15 is 0 Å². The van der Waals surface area contributed by atoms with Gasteiger partial charge in [-0.3, -0.25) is 0 Å². The van der Waals surface area contributed by atoms with Crippen molar-refractivity contribution in [1.29, 1.82) is 0 Å². The van der Waals surface area contributed by atoms with Crippen LogP contribution >= 0.6 is 11.3 Å². The van der Waals surface area contributed by atoms with Crippen LogP contribution < -0.4 is 5.73 Å². The Morgan fingerprint density at radius 2 is 1.89 bits per heavy atom. The Bertz CT molecular complexity index is 636. The molecule has 7 heteroatoms. The van der Waals surface area contributed by atoms with Crippen molar-refractivity contribution in [2.24, 2.45) is 0 Å². The first-order chi connectivity index (χ1) is 8.49. The maximum atomic E-state index is 10.9. The van der Waals surface area contributed by atoms with Crippen LogP contribution in [0.2, 0.25) is 0 Å². The van der Waals surface area contributed by atoms with E-state index in [9.17, 15) is 9.59 Å². The van der Waals surface area contributed by atoms with Crippen LogP contribution in [0.1, 0.15) is 20.0 Å². The number of pyridine rings is 1. The normalized spacial score (nSPS) is 10.2. The molecule has 2 rings (SSSR count). The standard InChI is InChI=1S/C11H8N2O4S/c12-9-7(10(14)15)1-5(3-13-9)6-2-8(11(16)17)18-4-6/h1-4H,(H2,12,13)(H,14,15)(H,16,17). The van der Waals surface area contributed by atoms with Crippen molar-refractivity contribution in [2.75, 3.05) is 5.73 Å². The molecule has 0 aliphatic carbocycles. The summed E-state index contributed by atoms with van der Waals surface area (Å²) in [6.45, 7) is 0. The van der Waals surface area contributed by atoms with Crippen molar-refractivity contribution in [1.82, 2.24) is 4.98 Å². The number of aromatic nitrogens is 1. The van der Waals surface area contributed by atoms with Gasteiger partial charge >= 0.3 is 11.9 Å². The minimum atomic E-state index is -1.17. The number of nitrogen functional groups attached to an aromatic ring is 1. The monoisotopic (exact) mass is 264 g/mol. The highest BCUT2D eigenvalue weighted by molar-refractivity contribution is 7.12. The second kappa shape index (κ2) is 4.46. The Kier molecular flexibility index (Phi) is 2.99. The van der Waals surface area contributed by atoms with Gasteiger partial charge in [0, 0.05) is 11.8 Å². The molecule has 0 saturated heterocycles. The van der Waals surface area contributed by atoms with Crippen molar-refractivity contribution in [3.63, 3.8) is 0 Å². The van der Waals surface area contributed by atoms with E-state index in [0.29, 0.717) is 11.1 Å². The van der Waals surface area contributed by atoms with Gasteiger partial charge in [-0.05, 0) is 23.1 Å². The summed E-state index contributed by atoms with van der Waals surface area (Å²) >= 11 is 1.06. The van der Waals surface area contributed by atoms with Gasteiger partial charge in [-0.2, -0.15) is 0 Å². The van der Waals surface area contributed by atoms with Crippen LogP contribution in [-0.2, 0) is 0 Å². The SMILES string of the molecule is Nc1ncc(-c2csc(C(=O)O)c2)cc1C(=O)O. The third kappa shape index (κ3) is 2.16. The first-order valence-corrected chi connectivity index (χ1v) is 5.68. The molecule has 0 spiro atoms. The van der Waals surface area contributed by atoms with E-state index in [4.69, 9.17) is 15.9 Å². The molecule has 18 heavy (non-hydrogen) atoms. The van der Waals surface area contributed by atoms with Gasteiger partial charge in [0.2, 0.25) is 0 Å². The molecule has 0 aliphatic rings. The maximum absolute atomic E-state index is 10.9. The molecule has 0 saturated carbocycles. The molecule has 0 amide bonds. The van der Waals surface area contributed by atoms with Crippen LogP contribution in [-0.4, -0.2) is 27.1 Å². The highest BCUT2D eigenvalue weighted by Crippen LogP contribution is 2.27. The minimum Gasteiger partial charge on any atom is -0.478 e. The van der Waals surface area contributed by atoms with Gasteiger partial charge in [-0.15, -0.1) is 11.3 Å². The van der Waals surface area contributed by atoms with E-state index < -0.39 is 11.9 Å². The summed E-state index contributed by atoms with van der Waals surface area (Å²) in [5, 5.41) is 19.4. The molecule has 0 radical (unpaired) electrons. The average Bonchev–Trinajstić information content (AvgIpc) is 2.78. The van der Waals surface area contributed by atoms with E-state index in [1.165, 1.54) is 18.3 Å². The molecule has 6 nitrogen and oxygen atoms in total. The Morgan fingerprint density at radius 1 is 1.17 bits per heavy atom. The van der Waals surface area contributed by atoms with Crippen molar-refractivity contribution >= 4 is 29.1 Å². The summed E-state index contributed by atoms with van der Waals surface area (Å²) in [7, 11) is 0. The van der Waals surface area contributed by atoms with Gasteiger partial charge in [0.15, 0.2) is 0 Å². The molecule has 4 N–H and O–H groups in total. The largest absolute Gasteiger partial charge is 0.478 e. The smallest absolute Gasteiger partial charge is 0.345 e. The molecule has 92 valence electrons. The lowest BCUT2D eigenvalue weighted by molar-refractivity contribution is 0.0688. The Hall–Kier alpha value is -2.41. The molecule has 0 aliphatic heterocycles. The van der Waals surface area contributed by atoms with Gasteiger partial charge in [0.05, 0.1) is 0 Å². The number of anilines is 1. The number of carboxylic acid groups (broad SMARTS) is 2. The fraction of sp³-hybridized carbons (Fsp3) is 0. The molecule has 0 fully saturated rings. The minimum absolute atomic E-state index is 0.0695. The van der Waals surface area contributed by atoms with E-state index in [1.54, 1.807) is 5.38 Å². The fourth-order valence-corrected chi connectivity index (χ4v) is 2.16. The molecule has 2 aromatic heterocycles. The van der Waals surface area contributed by atoms with Crippen LogP contribution in [0.3, 0.4) is 0 Å². The third-order valence-corrected chi connectivity index (χ3v) is 3.21. The molecular formula is C11H8N2O4S. The zero-order valence-electron chi connectivity index (χ0n) is 8.95. The van der Waals surface area contributed by atoms with Gasteiger partial charge in [-0.1, -0.05) is 0 Å². The summed E-state index contributed by atoms with van der Waals surface area (Å²) in [4.78, 5) is 25.6. The zero-order chi connectivity index (χ0) is 13.3. The fourth-order valence-electron chi connectivity index (χ4n) is 1.40. The van der Waals surface area contributed by atoms with Crippen molar-refractivity contribution in [3.8, 4) is 11.1 Å². The van der Waals surface area contributed by atoms with Gasteiger partial charge in [0.25, 0.3) is 0 Å². The Labute approximate surface area is 105 Å². The zero-order valence-corrected chi connectivity index (χ0v) is 9.77. The van der Waals surface area contributed by atoms with Gasteiger partial charge in [0.1, 0.15) is 16.3 Å². The quantitative estimate of drug-likeness (QED) is 0.778. The molecule has 0 unspecified atom stereocenters. The lowest BCUT2D eigenvalue weighted by Crippen LogP contribution is -2.04. The lowest BCUT2D eigenvalue weighted by Gasteiger charge is -2.02. The predicted octanol–water partition coefficient (Wildman–Crippen LogP) is 1.79. The summed E-state index contributed by atoms with van der Waals surface area (Å²) < 4.78 is 0. The number of hydrogen-bond acceptors (Lipinski definition) is 5. The molecule has 0 atom stereocenters. The summed E-state index contributed by atoms with van der Waals surface area (Å²) in [5.74, 6) is -2.26. The highest BCUT2D eigenvalue weighted by Gasteiger charge is 2.13. The number of nitrogens with zero attached hydrogens (tertiary/aromatic N) is 1. The second-order valence-corrected chi connectivity index (χ2v) is 4.38. The first kappa shape index (κ1) is 12.1. The van der Waals surface area contributed by atoms with E-state index in [2.05, 4.69) is 4.98 Å². The lowest BCUT2D eigenvalue weighted by atomic mass is 10.1. The molecular weight excluding hydrogens is 256 g/mol. The van der Waals surface area contributed by atoms with Crippen molar-refractivity contribution < 1.29 is 19.8 Å². The number of rotatable bonds is 3. The molecule has 2 heterocycles. The number of carboxylic acids is 2. The first-order valence-electron chi connectivity index (χ1n) is 4.80. The second-order valence-electron chi connectivity index (χ2n) is 3.47. The number of nitrogens with two attached hydrogens (primary N) is 1. The van der Waals surface area contributed by atoms with Gasteiger partial charge < -0.3 is 15.9 Å². The summed E-state index contributed by atoms with van der Waals surface area (Å²) in [6.07, 6.45) is 1.41. The van der Waals surface area contributed by atoms with E-state index in [1.807, 2.05) is 0 Å². The van der Waals surface area contributed by atoms with Crippen LogP contribution in [0.15, 0.2) is 23.7 Å². The number of hydrogen-bond donors (Lipinski definition) is 3. The van der Waals surface area contributed by atoms with Crippen LogP contribution in [0.4, 0.5) is 5.82 Å². The molecule has 0 aromatic carbocycles. The highest BCUT2D eigenvalue weighted by atomic mass is 32.1. The van der Waals surface area contributed by atoms with Crippen molar-refractivity contribution in [2.45, 2.75) is 0 Å². The topological polar surface area (TPSA) is 114 Å².